The predicted octanol–water partition coefficient (Wildman–Crippen LogP) is 3.82. The highest BCUT2D eigenvalue weighted by Crippen LogP contribution is 2.32. The standard InChI is InChI=1S/C20H23NO4/c1-3-14-5-8-16(9-6-14)25-17(4-2)20(22)21-15-7-10-18-19(13-15)24-12-11-23-18/h5-10,13,17H,3-4,11-12H2,1-2H3,(H,21,22)/t17-/m0/s1. The van der Waals surface area contributed by atoms with Crippen LogP contribution in [0.15, 0.2) is 42.5 Å². The number of rotatable bonds is 6. The second-order valence-electron chi connectivity index (χ2n) is 5.86. The minimum Gasteiger partial charge on any atom is -0.486 e. The molecule has 1 amide bonds. The van der Waals surface area contributed by atoms with Crippen LogP contribution in [0.4, 0.5) is 5.69 Å². The number of carbonyl (C=O) groups is 1. The molecule has 1 heterocycles. The molecular formula is C20H23NO4. The number of benzene rings is 2. The van der Waals surface area contributed by atoms with E-state index in [1.807, 2.05) is 31.2 Å². The summed E-state index contributed by atoms with van der Waals surface area (Å²) in [6, 6.07) is 13.2. The zero-order valence-electron chi connectivity index (χ0n) is 14.6. The molecule has 0 unspecified atom stereocenters. The van der Waals surface area contributed by atoms with Crippen LogP contribution in [0.1, 0.15) is 25.8 Å². The average molecular weight is 341 g/mol. The van der Waals surface area contributed by atoms with Crippen molar-refractivity contribution in [3.63, 3.8) is 0 Å². The highest BCUT2D eigenvalue weighted by Gasteiger charge is 2.20. The molecule has 132 valence electrons. The molecule has 0 bridgehead atoms. The number of ether oxygens (including phenoxy) is 3. The maximum Gasteiger partial charge on any atom is 0.265 e. The lowest BCUT2D eigenvalue weighted by Crippen LogP contribution is -2.32. The van der Waals surface area contributed by atoms with Crippen LogP contribution in [0.5, 0.6) is 17.2 Å². The minimum atomic E-state index is -0.555. The van der Waals surface area contributed by atoms with Crippen LogP contribution in [0, 0.1) is 0 Å². The number of aryl methyl sites for hydroxylation is 1. The van der Waals surface area contributed by atoms with Crippen LogP contribution in [0.25, 0.3) is 0 Å². The molecule has 1 aliphatic rings. The second-order valence-corrected chi connectivity index (χ2v) is 5.86. The number of hydrogen-bond donors (Lipinski definition) is 1. The Labute approximate surface area is 147 Å². The van der Waals surface area contributed by atoms with Gasteiger partial charge in [0.25, 0.3) is 5.91 Å². The fourth-order valence-corrected chi connectivity index (χ4v) is 2.63. The summed E-state index contributed by atoms with van der Waals surface area (Å²) < 4.78 is 16.9. The molecule has 2 aromatic rings. The van der Waals surface area contributed by atoms with Crippen molar-refractivity contribution < 1.29 is 19.0 Å². The summed E-state index contributed by atoms with van der Waals surface area (Å²) in [4.78, 5) is 12.5. The van der Waals surface area contributed by atoms with Crippen LogP contribution in [-0.2, 0) is 11.2 Å². The first kappa shape index (κ1) is 17.1. The van der Waals surface area contributed by atoms with Gasteiger partial charge in [0, 0.05) is 11.8 Å². The van der Waals surface area contributed by atoms with Gasteiger partial charge in [0.2, 0.25) is 0 Å². The Morgan fingerprint density at radius 1 is 1.08 bits per heavy atom. The molecule has 2 aromatic carbocycles. The predicted molar refractivity (Wildman–Crippen MR) is 96.6 cm³/mol. The van der Waals surface area contributed by atoms with Crippen molar-refractivity contribution in [2.75, 3.05) is 18.5 Å². The molecule has 0 saturated carbocycles. The van der Waals surface area contributed by atoms with E-state index in [1.54, 1.807) is 18.2 Å². The Balaban J connectivity index is 1.65. The van der Waals surface area contributed by atoms with Crippen molar-refractivity contribution in [1.29, 1.82) is 0 Å². The van der Waals surface area contributed by atoms with Gasteiger partial charge in [-0.3, -0.25) is 4.79 Å². The molecular weight excluding hydrogens is 318 g/mol. The number of amides is 1. The lowest BCUT2D eigenvalue weighted by Gasteiger charge is -2.20. The highest BCUT2D eigenvalue weighted by molar-refractivity contribution is 5.94. The van der Waals surface area contributed by atoms with E-state index in [-0.39, 0.29) is 5.91 Å². The van der Waals surface area contributed by atoms with Crippen molar-refractivity contribution in [1.82, 2.24) is 0 Å². The molecule has 0 aliphatic carbocycles. The molecule has 0 spiro atoms. The maximum atomic E-state index is 12.5. The zero-order valence-corrected chi connectivity index (χ0v) is 14.6. The Morgan fingerprint density at radius 2 is 1.80 bits per heavy atom. The first-order valence-electron chi connectivity index (χ1n) is 8.65. The van der Waals surface area contributed by atoms with Gasteiger partial charge < -0.3 is 19.5 Å². The van der Waals surface area contributed by atoms with E-state index in [0.717, 1.165) is 6.42 Å². The third-order valence-corrected chi connectivity index (χ3v) is 4.08. The fourth-order valence-electron chi connectivity index (χ4n) is 2.63. The molecule has 0 fully saturated rings. The minimum absolute atomic E-state index is 0.182. The normalized spacial score (nSPS) is 13.8. The van der Waals surface area contributed by atoms with Gasteiger partial charge in [-0.2, -0.15) is 0 Å². The van der Waals surface area contributed by atoms with Gasteiger partial charge in [-0.25, -0.2) is 0 Å². The molecule has 3 rings (SSSR count). The Bertz CT molecular complexity index is 727. The lowest BCUT2D eigenvalue weighted by atomic mass is 10.1. The van der Waals surface area contributed by atoms with Gasteiger partial charge in [0.05, 0.1) is 0 Å². The van der Waals surface area contributed by atoms with Gasteiger partial charge in [0.1, 0.15) is 19.0 Å². The Hall–Kier alpha value is -2.69. The molecule has 5 heteroatoms. The second kappa shape index (κ2) is 7.92. The number of anilines is 1. The van der Waals surface area contributed by atoms with Gasteiger partial charge in [-0.15, -0.1) is 0 Å². The maximum absolute atomic E-state index is 12.5. The van der Waals surface area contributed by atoms with E-state index in [2.05, 4.69) is 12.2 Å². The van der Waals surface area contributed by atoms with E-state index in [1.165, 1.54) is 5.56 Å². The van der Waals surface area contributed by atoms with E-state index in [9.17, 15) is 4.79 Å². The highest BCUT2D eigenvalue weighted by atomic mass is 16.6. The monoisotopic (exact) mass is 341 g/mol. The largest absolute Gasteiger partial charge is 0.486 e. The van der Waals surface area contributed by atoms with E-state index in [0.29, 0.717) is 42.6 Å². The van der Waals surface area contributed by atoms with Crippen molar-refractivity contribution in [3.05, 3.63) is 48.0 Å². The molecule has 0 aromatic heterocycles. The number of carbonyl (C=O) groups excluding carboxylic acids is 1. The SMILES string of the molecule is CCc1ccc(O[C@@H](CC)C(=O)Nc2ccc3c(c2)OCCO3)cc1. The lowest BCUT2D eigenvalue weighted by molar-refractivity contribution is -0.122. The number of hydrogen-bond acceptors (Lipinski definition) is 4. The third kappa shape index (κ3) is 4.24. The summed E-state index contributed by atoms with van der Waals surface area (Å²) in [5.41, 5.74) is 1.90. The zero-order chi connectivity index (χ0) is 17.6. The first-order chi connectivity index (χ1) is 12.2. The van der Waals surface area contributed by atoms with E-state index >= 15 is 0 Å². The molecule has 1 N–H and O–H groups in total. The topological polar surface area (TPSA) is 56.8 Å². The number of nitrogens with one attached hydrogen (secondary N) is 1. The summed E-state index contributed by atoms with van der Waals surface area (Å²) in [7, 11) is 0. The van der Waals surface area contributed by atoms with Crippen LogP contribution in [-0.4, -0.2) is 25.2 Å². The molecule has 5 nitrogen and oxygen atoms in total. The van der Waals surface area contributed by atoms with Gasteiger partial charge >= 0.3 is 0 Å². The van der Waals surface area contributed by atoms with Crippen molar-refractivity contribution in [2.24, 2.45) is 0 Å². The quantitative estimate of drug-likeness (QED) is 0.868. The van der Waals surface area contributed by atoms with Crippen molar-refractivity contribution >= 4 is 11.6 Å². The molecule has 1 aliphatic heterocycles. The van der Waals surface area contributed by atoms with Crippen LogP contribution >= 0.6 is 0 Å². The molecule has 25 heavy (non-hydrogen) atoms. The van der Waals surface area contributed by atoms with E-state index in [4.69, 9.17) is 14.2 Å². The third-order valence-electron chi connectivity index (χ3n) is 4.08. The smallest absolute Gasteiger partial charge is 0.265 e. The molecule has 0 radical (unpaired) electrons. The first-order valence-corrected chi connectivity index (χ1v) is 8.65. The van der Waals surface area contributed by atoms with Gasteiger partial charge in [-0.05, 0) is 42.7 Å². The summed E-state index contributed by atoms with van der Waals surface area (Å²) in [5, 5.41) is 2.89. The van der Waals surface area contributed by atoms with Crippen molar-refractivity contribution in [2.45, 2.75) is 32.8 Å². The number of fused-ring (bicyclic) bond motifs is 1. The Kier molecular flexibility index (Phi) is 5.43. The summed E-state index contributed by atoms with van der Waals surface area (Å²) >= 11 is 0. The fraction of sp³-hybridized carbons (Fsp3) is 0.350. The molecule has 0 saturated heterocycles. The van der Waals surface area contributed by atoms with Gasteiger partial charge in [0.15, 0.2) is 17.6 Å². The summed E-state index contributed by atoms with van der Waals surface area (Å²) in [6.07, 6.45) is 0.995. The summed E-state index contributed by atoms with van der Waals surface area (Å²) in [6.45, 7) is 5.08. The van der Waals surface area contributed by atoms with Crippen LogP contribution < -0.4 is 19.5 Å². The Morgan fingerprint density at radius 3 is 2.48 bits per heavy atom. The van der Waals surface area contributed by atoms with Crippen molar-refractivity contribution in [3.8, 4) is 17.2 Å². The molecule has 1 atom stereocenters. The van der Waals surface area contributed by atoms with Crippen LogP contribution in [0.3, 0.4) is 0 Å². The summed E-state index contributed by atoms with van der Waals surface area (Å²) in [5.74, 6) is 1.86. The van der Waals surface area contributed by atoms with Crippen LogP contribution in [0.2, 0.25) is 0 Å². The van der Waals surface area contributed by atoms with E-state index < -0.39 is 6.10 Å². The van der Waals surface area contributed by atoms with Gasteiger partial charge in [-0.1, -0.05) is 26.0 Å². The average Bonchev–Trinajstić information content (AvgIpc) is 2.66.